The van der Waals surface area contributed by atoms with E-state index in [-0.39, 0.29) is 11.9 Å². The van der Waals surface area contributed by atoms with Crippen LogP contribution in [-0.2, 0) is 10.3 Å². The Hall–Kier alpha value is -0.940. The number of hydrogen-bond acceptors (Lipinski definition) is 2. The highest BCUT2D eigenvalue weighted by atomic mass is 79.9. The molecule has 0 amide bonds. The van der Waals surface area contributed by atoms with Crippen molar-refractivity contribution in [2.45, 2.75) is 31.3 Å². The molecule has 1 saturated carbocycles. The SMILES string of the molecule is CC(NC1CC1)(C(=O)O)c1ccc(F)cc1Br. The third-order valence-electron chi connectivity index (χ3n) is 2.97. The molecule has 5 heteroatoms. The highest BCUT2D eigenvalue weighted by Crippen LogP contribution is 2.33. The number of halogens is 2. The fourth-order valence-electron chi connectivity index (χ4n) is 1.79. The Kier molecular flexibility index (Phi) is 3.23. The van der Waals surface area contributed by atoms with Gasteiger partial charge in [-0.3, -0.25) is 5.32 Å². The third-order valence-corrected chi connectivity index (χ3v) is 3.62. The summed E-state index contributed by atoms with van der Waals surface area (Å²) in [6, 6.07) is 4.30. The fraction of sp³-hybridized carbons (Fsp3) is 0.417. The molecule has 1 aliphatic rings. The van der Waals surface area contributed by atoms with Crippen LogP contribution in [0.2, 0.25) is 0 Å². The van der Waals surface area contributed by atoms with Crippen molar-refractivity contribution in [2.24, 2.45) is 0 Å². The second-order valence-corrected chi connectivity index (χ2v) is 5.33. The van der Waals surface area contributed by atoms with E-state index in [0.29, 0.717) is 10.0 Å². The van der Waals surface area contributed by atoms with Gasteiger partial charge < -0.3 is 5.11 Å². The van der Waals surface area contributed by atoms with Crippen LogP contribution in [-0.4, -0.2) is 17.1 Å². The predicted molar refractivity (Wildman–Crippen MR) is 65.2 cm³/mol. The molecule has 0 saturated heterocycles. The van der Waals surface area contributed by atoms with Gasteiger partial charge in [-0.1, -0.05) is 22.0 Å². The van der Waals surface area contributed by atoms with E-state index in [9.17, 15) is 14.3 Å². The van der Waals surface area contributed by atoms with Gasteiger partial charge in [0.15, 0.2) is 0 Å². The lowest BCUT2D eigenvalue weighted by molar-refractivity contribution is -0.144. The number of rotatable bonds is 4. The topological polar surface area (TPSA) is 49.3 Å². The molecule has 0 aromatic heterocycles. The van der Waals surface area contributed by atoms with Crippen LogP contribution in [0, 0.1) is 5.82 Å². The second kappa shape index (κ2) is 4.38. The number of aliphatic carboxylic acids is 1. The molecule has 1 aromatic carbocycles. The van der Waals surface area contributed by atoms with Crippen molar-refractivity contribution in [3.63, 3.8) is 0 Å². The molecule has 1 aromatic rings. The summed E-state index contributed by atoms with van der Waals surface area (Å²) >= 11 is 3.22. The number of hydrogen-bond donors (Lipinski definition) is 2. The van der Waals surface area contributed by atoms with Crippen molar-refractivity contribution in [1.82, 2.24) is 5.32 Å². The minimum Gasteiger partial charge on any atom is -0.480 e. The normalized spacial score (nSPS) is 18.8. The summed E-state index contributed by atoms with van der Waals surface area (Å²) < 4.78 is 13.5. The van der Waals surface area contributed by atoms with E-state index in [1.807, 2.05) is 0 Å². The molecule has 92 valence electrons. The number of carbonyl (C=O) groups is 1. The van der Waals surface area contributed by atoms with Crippen molar-refractivity contribution < 1.29 is 14.3 Å². The molecule has 0 heterocycles. The van der Waals surface area contributed by atoms with E-state index in [2.05, 4.69) is 21.2 Å². The van der Waals surface area contributed by atoms with Gasteiger partial charge in [0.25, 0.3) is 0 Å². The minimum atomic E-state index is -1.19. The molecule has 1 aliphatic carbocycles. The molecule has 2 N–H and O–H groups in total. The average molecular weight is 302 g/mol. The molecule has 0 bridgehead atoms. The van der Waals surface area contributed by atoms with Crippen molar-refractivity contribution in [2.75, 3.05) is 0 Å². The summed E-state index contributed by atoms with van der Waals surface area (Å²) in [5.41, 5.74) is -0.647. The predicted octanol–water partition coefficient (Wildman–Crippen LogP) is 2.64. The maximum atomic E-state index is 13.0. The Morgan fingerprint density at radius 1 is 1.59 bits per heavy atom. The van der Waals surface area contributed by atoms with Gasteiger partial charge in [0.05, 0.1) is 0 Å². The monoisotopic (exact) mass is 301 g/mol. The Bertz CT molecular complexity index is 462. The molecule has 17 heavy (non-hydrogen) atoms. The van der Waals surface area contributed by atoms with Crippen LogP contribution in [0.25, 0.3) is 0 Å². The largest absolute Gasteiger partial charge is 0.480 e. The molecule has 0 spiro atoms. The number of benzene rings is 1. The van der Waals surface area contributed by atoms with Crippen LogP contribution in [0.15, 0.2) is 22.7 Å². The lowest BCUT2D eigenvalue weighted by Gasteiger charge is -2.28. The lowest BCUT2D eigenvalue weighted by atomic mass is 9.92. The first-order valence-corrected chi connectivity index (χ1v) is 6.19. The second-order valence-electron chi connectivity index (χ2n) is 4.47. The van der Waals surface area contributed by atoms with Gasteiger partial charge in [-0.25, -0.2) is 9.18 Å². The highest BCUT2D eigenvalue weighted by Gasteiger charge is 2.41. The van der Waals surface area contributed by atoms with Crippen molar-refractivity contribution >= 4 is 21.9 Å². The van der Waals surface area contributed by atoms with Gasteiger partial charge in [-0.05, 0) is 37.5 Å². The van der Waals surface area contributed by atoms with Crippen LogP contribution < -0.4 is 5.32 Å². The first-order chi connectivity index (χ1) is 7.93. The summed E-state index contributed by atoms with van der Waals surface area (Å²) in [5.74, 6) is -1.35. The summed E-state index contributed by atoms with van der Waals surface area (Å²) in [4.78, 5) is 11.4. The Labute approximate surface area is 107 Å². The first kappa shape index (κ1) is 12.5. The number of carboxylic acid groups (broad SMARTS) is 1. The van der Waals surface area contributed by atoms with E-state index in [4.69, 9.17) is 0 Å². The highest BCUT2D eigenvalue weighted by molar-refractivity contribution is 9.10. The first-order valence-electron chi connectivity index (χ1n) is 5.40. The maximum absolute atomic E-state index is 13.0. The Balaban J connectivity index is 2.40. The average Bonchev–Trinajstić information content (AvgIpc) is 3.00. The van der Waals surface area contributed by atoms with E-state index in [1.165, 1.54) is 18.2 Å². The van der Waals surface area contributed by atoms with E-state index < -0.39 is 11.5 Å². The molecular formula is C12H13BrFNO2. The van der Waals surface area contributed by atoms with Gasteiger partial charge in [-0.15, -0.1) is 0 Å². The summed E-state index contributed by atoms with van der Waals surface area (Å²) in [6.07, 6.45) is 1.98. The molecule has 1 fully saturated rings. The smallest absolute Gasteiger partial charge is 0.328 e. The van der Waals surface area contributed by atoms with Crippen LogP contribution in [0.1, 0.15) is 25.3 Å². The molecule has 2 rings (SSSR count). The van der Waals surface area contributed by atoms with Gasteiger partial charge in [0.1, 0.15) is 11.4 Å². The van der Waals surface area contributed by atoms with Gasteiger partial charge in [-0.2, -0.15) is 0 Å². The van der Waals surface area contributed by atoms with Gasteiger partial charge in [0.2, 0.25) is 0 Å². The standard InChI is InChI=1S/C12H13BrFNO2/c1-12(11(16)17,15-8-3-4-8)9-5-2-7(14)6-10(9)13/h2,5-6,8,15H,3-4H2,1H3,(H,16,17). The van der Waals surface area contributed by atoms with Crippen molar-refractivity contribution in [1.29, 1.82) is 0 Å². The summed E-state index contributed by atoms with van der Waals surface area (Å²) in [5, 5.41) is 12.5. The number of carboxylic acids is 1. The molecule has 1 unspecified atom stereocenters. The van der Waals surface area contributed by atoms with Crippen LogP contribution in [0.3, 0.4) is 0 Å². The Morgan fingerprint density at radius 2 is 2.24 bits per heavy atom. The molecule has 3 nitrogen and oxygen atoms in total. The molecule has 0 radical (unpaired) electrons. The Morgan fingerprint density at radius 3 is 2.71 bits per heavy atom. The van der Waals surface area contributed by atoms with Crippen LogP contribution >= 0.6 is 15.9 Å². The fourth-order valence-corrected chi connectivity index (χ4v) is 2.53. The van der Waals surface area contributed by atoms with Gasteiger partial charge in [0, 0.05) is 10.5 Å². The third kappa shape index (κ3) is 2.50. The maximum Gasteiger partial charge on any atom is 0.328 e. The molecule has 1 atom stereocenters. The zero-order chi connectivity index (χ0) is 12.6. The molecule has 0 aliphatic heterocycles. The minimum absolute atomic E-state index is 0.244. The lowest BCUT2D eigenvalue weighted by Crippen LogP contribution is -2.48. The van der Waals surface area contributed by atoms with Crippen LogP contribution in [0.4, 0.5) is 4.39 Å². The quantitative estimate of drug-likeness (QED) is 0.899. The summed E-state index contributed by atoms with van der Waals surface area (Å²) in [7, 11) is 0. The summed E-state index contributed by atoms with van der Waals surface area (Å²) in [6.45, 7) is 1.60. The zero-order valence-electron chi connectivity index (χ0n) is 9.34. The van der Waals surface area contributed by atoms with E-state index in [0.717, 1.165) is 12.8 Å². The van der Waals surface area contributed by atoms with Crippen molar-refractivity contribution in [3.8, 4) is 0 Å². The van der Waals surface area contributed by atoms with E-state index >= 15 is 0 Å². The van der Waals surface area contributed by atoms with Crippen LogP contribution in [0.5, 0.6) is 0 Å². The van der Waals surface area contributed by atoms with E-state index in [1.54, 1.807) is 6.92 Å². The van der Waals surface area contributed by atoms with Gasteiger partial charge >= 0.3 is 5.97 Å². The van der Waals surface area contributed by atoms with Crippen molar-refractivity contribution in [3.05, 3.63) is 34.1 Å². The number of nitrogens with one attached hydrogen (secondary N) is 1. The zero-order valence-corrected chi connectivity index (χ0v) is 10.9. The molecular weight excluding hydrogens is 289 g/mol.